The maximum absolute atomic E-state index is 11.6. The van der Waals surface area contributed by atoms with Crippen LogP contribution in [0.15, 0.2) is 0 Å². The zero-order chi connectivity index (χ0) is 11.1. The molecular weight excluding hydrogens is 216 g/mol. The lowest BCUT2D eigenvalue weighted by molar-refractivity contribution is -0.154. The molecule has 1 N–H and O–H groups in total. The second kappa shape index (κ2) is 3.68. The van der Waals surface area contributed by atoms with E-state index < -0.39 is 5.60 Å². The summed E-state index contributed by atoms with van der Waals surface area (Å²) in [5, 5.41) is 9.47. The summed E-state index contributed by atoms with van der Waals surface area (Å²) in [5.41, 5.74) is -0.737. The standard InChI is InChI=1S/C9H14N2O3S/c1-9(14)4-11(5-9)7(12)2-10-6-15-3-8(10)13/h14H,2-6H2,1H3. The second-order valence-electron chi connectivity index (χ2n) is 4.32. The molecule has 0 saturated carbocycles. The third kappa shape index (κ3) is 2.26. The monoisotopic (exact) mass is 230 g/mol. The fourth-order valence-electron chi connectivity index (χ4n) is 1.76. The topological polar surface area (TPSA) is 60.9 Å². The summed E-state index contributed by atoms with van der Waals surface area (Å²) in [7, 11) is 0. The Kier molecular flexibility index (Phi) is 2.64. The number of hydrogen-bond acceptors (Lipinski definition) is 4. The van der Waals surface area contributed by atoms with Gasteiger partial charge in [-0.2, -0.15) is 0 Å². The highest BCUT2D eigenvalue weighted by molar-refractivity contribution is 8.00. The molecule has 0 aromatic carbocycles. The fourth-order valence-corrected chi connectivity index (χ4v) is 2.66. The molecule has 15 heavy (non-hydrogen) atoms. The van der Waals surface area contributed by atoms with E-state index in [-0.39, 0.29) is 18.4 Å². The number of nitrogens with zero attached hydrogens (tertiary/aromatic N) is 2. The first kappa shape index (κ1) is 10.8. The summed E-state index contributed by atoms with van der Waals surface area (Å²) >= 11 is 1.53. The molecule has 0 radical (unpaired) electrons. The average molecular weight is 230 g/mol. The second-order valence-corrected chi connectivity index (χ2v) is 5.27. The molecule has 2 saturated heterocycles. The van der Waals surface area contributed by atoms with Crippen molar-refractivity contribution in [1.29, 1.82) is 0 Å². The van der Waals surface area contributed by atoms with E-state index in [0.717, 1.165) is 0 Å². The lowest BCUT2D eigenvalue weighted by Crippen LogP contribution is -2.63. The van der Waals surface area contributed by atoms with E-state index in [1.165, 1.54) is 11.8 Å². The third-order valence-corrected chi connectivity index (χ3v) is 3.51. The minimum atomic E-state index is -0.737. The molecule has 0 aromatic rings. The fraction of sp³-hybridized carbons (Fsp3) is 0.778. The van der Waals surface area contributed by atoms with Crippen molar-refractivity contribution in [2.45, 2.75) is 12.5 Å². The first-order valence-electron chi connectivity index (χ1n) is 4.84. The Labute approximate surface area is 92.4 Å². The number of rotatable bonds is 2. The molecule has 0 unspecified atom stereocenters. The first-order chi connectivity index (χ1) is 6.98. The summed E-state index contributed by atoms with van der Waals surface area (Å²) in [6.07, 6.45) is 0. The number of amides is 2. The van der Waals surface area contributed by atoms with Gasteiger partial charge in [0.1, 0.15) is 6.54 Å². The number of likely N-dealkylation sites (tertiary alicyclic amines) is 1. The van der Waals surface area contributed by atoms with Gasteiger partial charge in [0.05, 0.1) is 30.3 Å². The molecule has 2 amide bonds. The van der Waals surface area contributed by atoms with E-state index in [2.05, 4.69) is 0 Å². The lowest BCUT2D eigenvalue weighted by Gasteiger charge is -2.44. The Bertz CT molecular complexity index is 298. The first-order valence-corrected chi connectivity index (χ1v) is 5.99. The molecule has 2 aliphatic heterocycles. The van der Waals surface area contributed by atoms with Gasteiger partial charge in [-0.3, -0.25) is 9.59 Å². The van der Waals surface area contributed by atoms with Crippen LogP contribution in [0.5, 0.6) is 0 Å². The Morgan fingerprint density at radius 2 is 2.27 bits per heavy atom. The largest absolute Gasteiger partial charge is 0.386 e. The maximum atomic E-state index is 11.6. The maximum Gasteiger partial charge on any atom is 0.242 e. The molecule has 2 heterocycles. The number of carbonyl (C=O) groups is 2. The van der Waals surface area contributed by atoms with Crippen LogP contribution in [0, 0.1) is 0 Å². The normalized spacial score (nSPS) is 24.3. The van der Waals surface area contributed by atoms with Crippen molar-refractivity contribution in [2.24, 2.45) is 0 Å². The van der Waals surface area contributed by atoms with E-state index in [4.69, 9.17) is 0 Å². The van der Waals surface area contributed by atoms with Crippen molar-refractivity contribution in [3.8, 4) is 0 Å². The van der Waals surface area contributed by atoms with Crippen LogP contribution >= 0.6 is 11.8 Å². The van der Waals surface area contributed by atoms with Gasteiger partial charge in [0, 0.05) is 0 Å². The molecule has 0 spiro atoms. The zero-order valence-corrected chi connectivity index (χ0v) is 9.42. The van der Waals surface area contributed by atoms with Gasteiger partial charge in [0.15, 0.2) is 0 Å². The van der Waals surface area contributed by atoms with Crippen LogP contribution in [0.1, 0.15) is 6.92 Å². The third-order valence-electron chi connectivity index (χ3n) is 2.57. The highest BCUT2D eigenvalue weighted by Crippen LogP contribution is 2.21. The SMILES string of the molecule is CC1(O)CN(C(=O)CN2CSCC2=O)C1. The number of thioether (sulfide) groups is 1. The minimum Gasteiger partial charge on any atom is -0.386 e. The molecule has 84 valence electrons. The summed E-state index contributed by atoms with van der Waals surface area (Å²) in [6, 6.07) is 0. The van der Waals surface area contributed by atoms with Crippen molar-refractivity contribution in [3.63, 3.8) is 0 Å². The summed E-state index contributed by atoms with van der Waals surface area (Å²) in [6.45, 7) is 2.61. The average Bonchev–Trinajstić information content (AvgIpc) is 2.47. The van der Waals surface area contributed by atoms with E-state index in [1.54, 1.807) is 16.7 Å². The van der Waals surface area contributed by atoms with Gasteiger partial charge in [-0.25, -0.2) is 0 Å². The molecule has 2 fully saturated rings. The number of hydrogen-bond donors (Lipinski definition) is 1. The van der Waals surface area contributed by atoms with Crippen LogP contribution in [-0.4, -0.2) is 63.6 Å². The van der Waals surface area contributed by atoms with Gasteiger partial charge >= 0.3 is 0 Å². The Balaban J connectivity index is 1.81. The van der Waals surface area contributed by atoms with E-state index >= 15 is 0 Å². The van der Waals surface area contributed by atoms with Gasteiger partial charge in [-0.05, 0) is 6.92 Å². The quantitative estimate of drug-likeness (QED) is 0.669. The van der Waals surface area contributed by atoms with Crippen molar-refractivity contribution in [3.05, 3.63) is 0 Å². The Morgan fingerprint density at radius 3 is 2.73 bits per heavy atom. The van der Waals surface area contributed by atoms with Gasteiger partial charge in [0.25, 0.3) is 0 Å². The number of β-amino-alcohol motifs (C(OH)–C–C–N with tert-alkyl or cyclic N) is 1. The molecule has 0 bridgehead atoms. The molecule has 0 aliphatic carbocycles. The molecule has 5 nitrogen and oxygen atoms in total. The molecule has 0 atom stereocenters. The van der Waals surface area contributed by atoms with Gasteiger partial charge in [0.2, 0.25) is 11.8 Å². The number of aliphatic hydroxyl groups is 1. The van der Waals surface area contributed by atoms with Gasteiger partial charge < -0.3 is 14.9 Å². The highest BCUT2D eigenvalue weighted by Gasteiger charge is 2.40. The molecule has 2 aliphatic rings. The predicted molar refractivity (Wildman–Crippen MR) is 56.2 cm³/mol. The Morgan fingerprint density at radius 1 is 1.60 bits per heavy atom. The molecule has 6 heteroatoms. The predicted octanol–water partition coefficient (Wildman–Crippen LogP) is -0.887. The summed E-state index contributed by atoms with van der Waals surface area (Å²) in [4.78, 5) is 26.0. The summed E-state index contributed by atoms with van der Waals surface area (Å²) in [5.74, 6) is 1.04. The van der Waals surface area contributed by atoms with Crippen molar-refractivity contribution in [2.75, 3.05) is 31.3 Å². The van der Waals surface area contributed by atoms with Crippen LogP contribution in [0.25, 0.3) is 0 Å². The van der Waals surface area contributed by atoms with E-state index in [9.17, 15) is 14.7 Å². The van der Waals surface area contributed by atoms with Crippen LogP contribution in [0.3, 0.4) is 0 Å². The van der Waals surface area contributed by atoms with Crippen LogP contribution in [0.2, 0.25) is 0 Å². The highest BCUT2D eigenvalue weighted by atomic mass is 32.2. The summed E-state index contributed by atoms with van der Waals surface area (Å²) < 4.78 is 0. The van der Waals surface area contributed by atoms with Gasteiger partial charge in [-0.15, -0.1) is 11.8 Å². The Hall–Kier alpha value is -0.750. The minimum absolute atomic E-state index is 0.0284. The van der Waals surface area contributed by atoms with Crippen molar-refractivity contribution >= 4 is 23.6 Å². The molecule has 0 aromatic heterocycles. The smallest absolute Gasteiger partial charge is 0.242 e. The zero-order valence-electron chi connectivity index (χ0n) is 8.60. The van der Waals surface area contributed by atoms with Crippen molar-refractivity contribution in [1.82, 2.24) is 9.80 Å². The van der Waals surface area contributed by atoms with E-state index in [1.807, 2.05) is 0 Å². The van der Waals surface area contributed by atoms with Crippen LogP contribution < -0.4 is 0 Å². The molecule has 2 rings (SSSR count). The van der Waals surface area contributed by atoms with Crippen LogP contribution in [-0.2, 0) is 9.59 Å². The molecular formula is C9H14N2O3S. The lowest BCUT2D eigenvalue weighted by atomic mass is 9.97. The number of carbonyl (C=O) groups excluding carboxylic acids is 2. The van der Waals surface area contributed by atoms with Gasteiger partial charge in [-0.1, -0.05) is 0 Å². The van der Waals surface area contributed by atoms with E-state index in [0.29, 0.717) is 24.7 Å². The van der Waals surface area contributed by atoms with Crippen LogP contribution in [0.4, 0.5) is 0 Å². The van der Waals surface area contributed by atoms with Crippen molar-refractivity contribution < 1.29 is 14.7 Å².